The molecule has 0 radical (unpaired) electrons. The monoisotopic (exact) mass is 181 g/mol. The molecular weight excluding hydrogens is 177 g/mol. The molecule has 0 heterocycles. The van der Waals surface area contributed by atoms with Crippen molar-refractivity contribution >= 4 is 17.7 Å². The lowest BCUT2D eigenvalue weighted by molar-refractivity contribution is 0.628. The Hall–Kier alpha value is -1.33. The summed E-state index contributed by atoms with van der Waals surface area (Å²) in [6.07, 6.45) is 2.87. The zero-order chi connectivity index (χ0) is 8.97. The highest BCUT2D eigenvalue weighted by Crippen LogP contribution is 2.16. The fourth-order valence-corrected chi connectivity index (χ4v) is 0.939. The predicted octanol–water partition coefficient (Wildman–Crippen LogP) is 3.02. The SMILES string of the molecule is N#CC=Cc1ccc(F)c(Cl)c1. The zero-order valence-electron chi connectivity index (χ0n) is 6.09. The molecule has 3 heteroatoms. The zero-order valence-corrected chi connectivity index (χ0v) is 6.85. The Kier molecular flexibility index (Phi) is 2.84. The first-order valence-corrected chi connectivity index (χ1v) is 3.63. The van der Waals surface area contributed by atoms with Gasteiger partial charge in [0.05, 0.1) is 11.1 Å². The lowest BCUT2D eigenvalue weighted by Gasteiger charge is -1.94. The fourth-order valence-electron chi connectivity index (χ4n) is 0.750. The maximum atomic E-state index is 12.6. The summed E-state index contributed by atoms with van der Waals surface area (Å²) in [5.74, 6) is -0.453. The third-order valence-electron chi connectivity index (χ3n) is 1.29. The summed E-state index contributed by atoms with van der Waals surface area (Å²) in [5, 5.41) is 8.27. The van der Waals surface area contributed by atoms with Crippen molar-refractivity contribution in [1.29, 1.82) is 5.26 Å². The molecule has 0 fully saturated rings. The second kappa shape index (κ2) is 3.89. The minimum atomic E-state index is -0.453. The summed E-state index contributed by atoms with van der Waals surface area (Å²) >= 11 is 5.50. The molecule has 1 aromatic carbocycles. The molecule has 0 aliphatic heterocycles. The van der Waals surface area contributed by atoms with Gasteiger partial charge in [0.2, 0.25) is 0 Å². The lowest BCUT2D eigenvalue weighted by Crippen LogP contribution is -1.77. The summed E-state index contributed by atoms with van der Waals surface area (Å²) in [6.45, 7) is 0. The number of nitrogens with zero attached hydrogens (tertiary/aromatic N) is 1. The maximum absolute atomic E-state index is 12.6. The molecule has 0 aliphatic carbocycles. The van der Waals surface area contributed by atoms with Crippen molar-refractivity contribution < 1.29 is 4.39 Å². The van der Waals surface area contributed by atoms with Gasteiger partial charge in [-0.15, -0.1) is 0 Å². The smallest absolute Gasteiger partial charge is 0.141 e. The molecule has 0 unspecified atom stereocenters. The number of hydrogen-bond donors (Lipinski definition) is 0. The summed E-state index contributed by atoms with van der Waals surface area (Å²) in [6, 6.07) is 6.11. The highest BCUT2D eigenvalue weighted by atomic mass is 35.5. The van der Waals surface area contributed by atoms with E-state index >= 15 is 0 Å². The van der Waals surface area contributed by atoms with Crippen LogP contribution in [-0.4, -0.2) is 0 Å². The first-order chi connectivity index (χ1) is 5.74. The van der Waals surface area contributed by atoms with Gasteiger partial charge in [-0.3, -0.25) is 0 Å². The van der Waals surface area contributed by atoms with Crippen molar-refractivity contribution in [2.75, 3.05) is 0 Å². The molecule has 0 atom stereocenters. The molecule has 0 saturated heterocycles. The molecule has 12 heavy (non-hydrogen) atoms. The van der Waals surface area contributed by atoms with Gasteiger partial charge in [-0.05, 0) is 23.8 Å². The average molecular weight is 182 g/mol. The normalized spacial score (nSPS) is 10.1. The molecule has 0 aromatic heterocycles. The standard InChI is InChI=1S/C9H5ClFN/c10-8-6-7(2-1-5-12)3-4-9(8)11/h1-4,6H. The van der Waals surface area contributed by atoms with Gasteiger partial charge < -0.3 is 0 Å². The van der Waals surface area contributed by atoms with Gasteiger partial charge in [0.25, 0.3) is 0 Å². The van der Waals surface area contributed by atoms with E-state index in [9.17, 15) is 4.39 Å². The van der Waals surface area contributed by atoms with E-state index in [0.717, 1.165) is 0 Å². The molecule has 1 rings (SSSR count). The highest BCUT2D eigenvalue weighted by Gasteiger charge is 1.97. The van der Waals surface area contributed by atoms with Crippen LogP contribution in [0.1, 0.15) is 5.56 Å². The van der Waals surface area contributed by atoms with Crippen molar-refractivity contribution in [2.24, 2.45) is 0 Å². The van der Waals surface area contributed by atoms with Crippen LogP contribution in [0.2, 0.25) is 5.02 Å². The number of hydrogen-bond acceptors (Lipinski definition) is 1. The van der Waals surface area contributed by atoms with Crippen LogP contribution in [-0.2, 0) is 0 Å². The fraction of sp³-hybridized carbons (Fsp3) is 0. The van der Waals surface area contributed by atoms with Gasteiger partial charge in [-0.25, -0.2) is 4.39 Å². The molecule has 1 nitrogen and oxygen atoms in total. The van der Waals surface area contributed by atoms with Crippen molar-refractivity contribution in [3.63, 3.8) is 0 Å². The van der Waals surface area contributed by atoms with E-state index in [-0.39, 0.29) is 5.02 Å². The number of nitriles is 1. The molecule has 0 spiro atoms. The molecule has 0 bridgehead atoms. The van der Waals surface area contributed by atoms with E-state index in [4.69, 9.17) is 16.9 Å². The third-order valence-corrected chi connectivity index (χ3v) is 1.58. The van der Waals surface area contributed by atoms with Gasteiger partial charge in [0.15, 0.2) is 0 Å². The summed E-state index contributed by atoms with van der Waals surface area (Å²) in [7, 11) is 0. The predicted molar refractivity (Wildman–Crippen MR) is 46.1 cm³/mol. The van der Waals surface area contributed by atoms with Gasteiger partial charge in [0.1, 0.15) is 5.82 Å². The second-order valence-corrected chi connectivity index (χ2v) is 2.54. The average Bonchev–Trinajstić information content (AvgIpc) is 2.07. The van der Waals surface area contributed by atoms with Crippen molar-refractivity contribution in [3.05, 3.63) is 40.7 Å². The molecule has 0 saturated carbocycles. The number of benzene rings is 1. The topological polar surface area (TPSA) is 23.8 Å². The van der Waals surface area contributed by atoms with E-state index in [2.05, 4.69) is 0 Å². The number of rotatable bonds is 1. The van der Waals surface area contributed by atoms with Crippen LogP contribution in [0.3, 0.4) is 0 Å². The Labute approximate surface area is 74.7 Å². The van der Waals surface area contributed by atoms with Crippen LogP contribution in [0.25, 0.3) is 6.08 Å². The Morgan fingerprint density at radius 3 is 2.83 bits per heavy atom. The van der Waals surface area contributed by atoms with E-state index in [1.54, 1.807) is 12.1 Å². The minimum Gasteiger partial charge on any atom is -0.205 e. The van der Waals surface area contributed by atoms with Crippen LogP contribution >= 0.6 is 11.6 Å². The third kappa shape index (κ3) is 2.08. The van der Waals surface area contributed by atoms with Gasteiger partial charge >= 0.3 is 0 Å². The molecule has 60 valence electrons. The van der Waals surface area contributed by atoms with Gasteiger partial charge in [-0.2, -0.15) is 5.26 Å². The molecule has 1 aromatic rings. The first kappa shape index (κ1) is 8.76. The summed E-state index contributed by atoms with van der Waals surface area (Å²) in [5.41, 5.74) is 0.711. The molecule has 0 amide bonds. The van der Waals surface area contributed by atoms with E-state index < -0.39 is 5.82 Å². The quantitative estimate of drug-likeness (QED) is 0.611. The molecular formula is C9H5ClFN. The number of halogens is 2. The lowest BCUT2D eigenvalue weighted by atomic mass is 10.2. The second-order valence-electron chi connectivity index (χ2n) is 2.14. The maximum Gasteiger partial charge on any atom is 0.141 e. The summed E-state index contributed by atoms with van der Waals surface area (Å²) in [4.78, 5) is 0. The van der Waals surface area contributed by atoms with Gasteiger partial charge in [0, 0.05) is 6.08 Å². The van der Waals surface area contributed by atoms with Crippen molar-refractivity contribution in [2.45, 2.75) is 0 Å². The first-order valence-electron chi connectivity index (χ1n) is 3.25. The van der Waals surface area contributed by atoms with Crippen LogP contribution in [0.5, 0.6) is 0 Å². The van der Waals surface area contributed by atoms with E-state index in [1.807, 2.05) is 6.07 Å². The van der Waals surface area contributed by atoms with Crippen molar-refractivity contribution in [3.8, 4) is 6.07 Å². The van der Waals surface area contributed by atoms with Crippen molar-refractivity contribution in [1.82, 2.24) is 0 Å². The molecule has 0 aliphatic rings. The van der Waals surface area contributed by atoms with E-state index in [1.165, 1.54) is 18.2 Å². The Morgan fingerprint density at radius 1 is 1.50 bits per heavy atom. The Balaban J connectivity index is 2.99. The Bertz CT molecular complexity index is 352. The van der Waals surface area contributed by atoms with Crippen LogP contribution in [0, 0.1) is 17.1 Å². The van der Waals surface area contributed by atoms with Crippen LogP contribution in [0.15, 0.2) is 24.3 Å². The highest BCUT2D eigenvalue weighted by molar-refractivity contribution is 6.30. The van der Waals surface area contributed by atoms with Crippen LogP contribution in [0.4, 0.5) is 4.39 Å². The Morgan fingerprint density at radius 2 is 2.25 bits per heavy atom. The number of allylic oxidation sites excluding steroid dienone is 1. The van der Waals surface area contributed by atoms with Gasteiger partial charge in [-0.1, -0.05) is 17.7 Å². The minimum absolute atomic E-state index is 0.0649. The summed E-state index contributed by atoms with van der Waals surface area (Å²) < 4.78 is 12.6. The van der Waals surface area contributed by atoms with Crippen LogP contribution < -0.4 is 0 Å². The largest absolute Gasteiger partial charge is 0.205 e. The molecule has 0 N–H and O–H groups in total. The van der Waals surface area contributed by atoms with E-state index in [0.29, 0.717) is 5.56 Å².